The summed E-state index contributed by atoms with van der Waals surface area (Å²) in [6.07, 6.45) is -0.185. The quantitative estimate of drug-likeness (QED) is 0.542. The normalized spacial score (nSPS) is 14.8. The van der Waals surface area contributed by atoms with E-state index in [0.717, 1.165) is 0 Å². The lowest BCUT2D eigenvalue weighted by atomic mass is 9.96. The molecule has 2 aromatic rings. The number of benzene rings is 2. The second-order valence-corrected chi connectivity index (χ2v) is 10.2. The van der Waals surface area contributed by atoms with Crippen LogP contribution in [0.1, 0.15) is 59.9 Å². The van der Waals surface area contributed by atoms with Gasteiger partial charge in [-0.15, -0.1) is 0 Å². The first-order valence-corrected chi connectivity index (χ1v) is 11.7. The molecule has 0 saturated carbocycles. The summed E-state index contributed by atoms with van der Waals surface area (Å²) in [5.41, 5.74) is 0.477. The van der Waals surface area contributed by atoms with Crippen molar-refractivity contribution in [2.24, 2.45) is 0 Å². The molecule has 2 aromatic carbocycles. The number of ether oxygens (including phenoxy) is 2. The fraction of sp³-hybridized carbons (Fsp3) is 0.333. The lowest BCUT2D eigenvalue weighted by Crippen LogP contribution is -2.33. The molecule has 1 heterocycles. The zero-order valence-electron chi connectivity index (χ0n) is 17.3. The van der Waals surface area contributed by atoms with E-state index in [-0.39, 0.29) is 38.1 Å². The summed E-state index contributed by atoms with van der Waals surface area (Å²) < 4.78 is 37.5. The van der Waals surface area contributed by atoms with E-state index in [1.54, 1.807) is 12.1 Å². The van der Waals surface area contributed by atoms with E-state index in [1.165, 1.54) is 18.2 Å². The van der Waals surface area contributed by atoms with Gasteiger partial charge in [0.15, 0.2) is 6.73 Å². The van der Waals surface area contributed by atoms with Crippen LogP contribution >= 0.6 is 23.2 Å². The second kappa shape index (κ2) is 8.68. The molecule has 166 valence electrons. The van der Waals surface area contributed by atoms with Crippen LogP contribution in [0.4, 0.5) is 0 Å². The Balaban J connectivity index is 1.96. The summed E-state index contributed by atoms with van der Waals surface area (Å²) in [6, 6.07) is 7.43. The van der Waals surface area contributed by atoms with E-state index in [2.05, 4.69) is 0 Å². The number of hydrogen-bond acceptors (Lipinski definition) is 6. The highest BCUT2D eigenvalue weighted by Gasteiger charge is 2.44. The van der Waals surface area contributed by atoms with Crippen LogP contribution in [0.15, 0.2) is 35.2 Å². The first-order chi connectivity index (χ1) is 14.4. The van der Waals surface area contributed by atoms with Crippen LogP contribution in [0, 0.1) is 0 Å². The molecule has 1 aliphatic heterocycles. The highest BCUT2D eigenvalue weighted by atomic mass is 35.5. The van der Waals surface area contributed by atoms with Gasteiger partial charge in [-0.25, -0.2) is 13.2 Å². The van der Waals surface area contributed by atoms with Crippen molar-refractivity contribution >= 4 is 45.1 Å². The van der Waals surface area contributed by atoms with Crippen LogP contribution < -0.4 is 4.74 Å². The van der Waals surface area contributed by atoms with Gasteiger partial charge >= 0.3 is 5.97 Å². The third kappa shape index (κ3) is 4.37. The molecule has 3 rings (SSSR count). The van der Waals surface area contributed by atoms with Gasteiger partial charge in [-0.1, -0.05) is 43.1 Å². The van der Waals surface area contributed by atoms with Crippen LogP contribution in [0.3, 0.4) is 0 Å². The number of carbonyl (C=O) groups excluding carboxylic acids is 2. The minimum atomic E-state index is -4.25. The van der Waals surface area contributed by atoms with Crippen molar-refractivity contribution in [2.45, 2.75) is 44.6 Å². The molecule has 0 N–H and O–H groups in total. The number of nitrogens with zero attached hydrogens (tertiary/aromatic N) is 1. The van der Waals surface area contributed by atoms with Gasteiger partial charge in [-0.3, -0.25) is 4.79 Å². The first kappa shape index (κ1) is 23.4. The van der Waals surface area contributed by atoms with Crippen molar-refractivity contribution in [3.63, 3.8) is 0 Å². The maximum absolute atomic E-state index is 13.1. The lowest BCUT2D eigenvalue weighted by molar-refractivity contribution is 0.0358. The minimum absolute atomic E-state index is 0.0500. The fourth-order valence-electron chi connectivity index (χ4n) is 3.20. The SMILES string of the molecule is CC(C)Oc1cc(C(C)C)c2c(c1)S(=O)(=O)N(COC(=O)c1c(Cl)cccc1Cl)C2=O. The predicted molar refractivity (Wildman–Crippen MR) is 116 cm³/mol. The van der Waals surface area contributed by atoms with Crippen LogP contribution in [-0.4, -0.2) is 37.4 Å². The predicted octanol–water partition coefficient (Wildman–Crippen LogP) is 4.86. The van der Waals surface area contributed by atoms with Crippen LogP contribution in [0.25, 0.3) is 0 Å². The van der Waals surface area contributed by atoms with Gasteiger partial charge in [-0.2, -0.15) is 4.31 Å². The Hall–Kier alpha value is -2.29. The highest BCUT2D eigenvalue weighted by molar-refractivity contribution is 7.90. The van der Waals surface area contributed by atoms with E-state index < -0.39 is 28.6 Å². The maximum atomic E-state index is 13.1. The van der Waals surface area contributed by atoms with Crippen molar-refractivity contribution in [1.29, 1.82) is 0 Å². The van der Waals surface area contributed by atoms with Gasteiger partial charge < -0.3 is 9.47 Å². The fourth-order valence-corrected chi connectivity index (χ4v) is 5.22. The smallest absolute Gasteiger partial charge is 0.342 e. The molecule has 0 radical (unpaired) electrons. The third-order valence-corrected chi connectivity index (χ3v) is 6.95. The summed E-state index contributed by atoms with van der Waals surface area (Å²) in [4.78, 5) is 25.3. The van der Waals surface area contributed by atoms with E-state index in [9.17, 15) is 18.0 Å². The summed E-state index contributed by atoms with van der Waals surface area (Å²) >= 11 is 12.0. The van der Waals surface area contributed by atoms with E-state index in [4.69, 9.17) is 32.7 Å². The van der Waals surface area contributed by atoms with Crippen LogP contribution in [0.2, 0.25) is 10.0 Å². The molecular weight excluding hydrogens is 465 g/mol. The Labute approximate surface area is 190 Å². The van der Waals surface area contributed by atoms with Crippen molar-refractivity contribution in [3.05, 3.63) is 57.1 Å². The van der Waals surface area contributed by atoms with Gasteiger partial charge in [0.1, 0.15) is 10.6 Å². The zero-order valence-corrected chi connectivity index (χ0v) is 19.6. The molecule has 0 aromatic heterocycles. The number of esters is 1. The van der Waals surface area contributed by atoms with E-state index in [1.807, 2.05) is 27.7 Å². The summed E-state index contributed by atoms with van der Waals surface area (Å²) in [6.45, 7) is 6.50. The summed E-state index contributed by atoms with van der Waals surface area (Å²) in [7, 11) is -4.25. The monoisotopic (exact) mass is 485 g/mol. The number of rotatable bonds is 6. The average Bonchev–Trinajstić information content (AvgIpc) is 2.84. The standard InChI is InChI=1S/C21H21Cl2NO6S/c1-11(2)14-8-13(30-12(3)4)9-17-18(14)20(25)24(31(17,27)28)10-29-21(26)19-15(22)6-5-7-16(19)23/h5-9,11-12H,10H2,1-4H3. The average molecular weight is 486 g/mol. The number of halogens is 2. The Morgan fingerprint density at radius 2 is 1.71 bits per heavy atom. The van der Waals surface area contributed by atoms with Crippen molar-refractivity contribution in [2.75, 3.05) is 6.73 Å². The molecular formula is C21H21Cl2NO6S. The Bertz CT molecular complexity index is 1140. The molecule has 0 saturated heterocycles. The lowest BCUT2D eigenvalue weighted by Gasteiger charge is -2.16. The van der Waals surface area contributed by atoms with E-state index >= 15 is 0 Å². The maximum Gasteiger partial charge on any atom is 0.342 e. The van der Waals surface area contributed by atoms with Gasteiger partial charge in [0.25, 0.3) is 15.9 Å². The number of sulfonamides is 1. The topological polar surface area (TPSA) is 90.0 Å². The number of hydrogen-bond donors (Lipinski definition) is 0. The van der Waals surface area contributed by atoms with Crippen molar-refractivity contribution < 1.29 is 27.5 Å². The van der Waals surface area contributed by atoms with Gasteiger partial charge in [0.05, 0.1) is 27.3 Å². The molecule has 7 nitrogen and oxygen atoms in total. The molecule has 10 heteroatoms. The molecule has 0 fully saturated rings. The summed E-state index contributed by atoms with van der Waals surface area (Å²) in [5.74, 6) is -1.51. The van der Waals surface area contributed by atoms with Gasteiger partial charge in [0, 0.05) is 6.07 Å². The molecule has 0 aliphatic carbocycles. The Kier molecular flexibility index (Phi) is 6.55. The van der Waals surface area contributed by atoms with Crippen molar-refractivity contribution in [3.8, 4) is 5.75 Å². The van der Waals surface area contributed by atoms with Gasteiger partial charge in [0.2, 0.25) is 0 Å². The molecule has 0 atom stereocenters. The molecule has 31 heavy (non-hydrogen) atoms. The van der Waals surface area contributed by atoms with E-state index in [0.29, 0.717) is 15.6 Å². The van der Waals surface area contributed by atoms with Crippen LogP contribution in [-0.2, 0) is 14.8 Å². The number of amides is 1. The van der Waals surface area contributed by atoms with Crippen LogP contribution in [0.5, 0.6) is 5.75 Å². The minimum Gasteiger partial charge on any atom is -0.491 e. The largest absolute Gasteiger partial charge is 0.491 e. The molecule has 0 bridgehead atoms. The third-order valence-electron chi connectivity index (χ3n) is 4.59. The van der Waals surface area contributed by atoms with Crippen molar-refractivity contribution in [1.82, 2.24) is 4.31 Å². The summed E-state index contributed by atoms with van der Waals surface area (Å²) in [5, 5.41) is 0.0999. The molecule has 0 unspecified atom stereocenters. The van der Waals surface area contributed by atoms with Gasteiger partial charge in [-0.05, 0) is 43.5 Å². The zero-order chi connectivity index (χ0) is 23.1. The molecule has 0 spiro atoms. The highest BCUT2D eigenvalue weighted by Crippen LogP contribution is 2.39. The Morgan fingerprint density at radius 1 is 1.10 bits per heavy atom. The number of carbonyl (C=O) groups is 2. The molecule has 1 aliphatic rings. The number of fused-ring (bicyclic) bond motifs is 1. The molecule has 1 amide bonds. The second-order valence-electron chi connectivity index (χ2n) is 7.52. The first-order valence-electron chi connectivity index (χ1n) is 9.48. The Morgan fingerprint density at radius 3 is 2.26 bits per heavy atom.